The van der Waals surface area contributed by atoms with Gasteiger partial charge in [-0.3, -0.25) is 9.59 Å². The van der Waals surface area contributed by atoms with E-state index in [1.54, 1.807) is 12.3 Å². The van der Waals surface area contributed by atoms with Gasteiger partial charge in [0.2, 0.25) is 11.5 Å². The van der Waals surface area contributed by atoms with Crippen LogP contribution in [0, 0.1) is 11.3 Å². The van der Waals surface area contributed by atoms with Crippen LogP contribution in [0.15, 0.2) is 47.4 Å². The zero-order valence-corrected chi connectivity index (χ0v) is 15.2. The molecular weight excluding hydrogens is 340 g/mol. The molecule has 1 aromatic heterocycles. The molecule has 0 spiro atoms. The summed E-state index contributed by atoms with van der Waals surface area (Å²) in [6.45, 7) is 0. The van der Waals surface area contributed by atoms with Gasteiger partial charge in [0.25, 0.3) is 0 Å². The fourth-order valence-electron chi connectivity index (χ4n) is 3.50. The summed E-state index contributed by atoms with van der Waals surface area (Å²) in [5.74, 6) is -0.224. The minimum atomic E-state index is -0.846. The molecule has 0 radical (unpaired) electrons. The third-order valence-corrected chi connectivity index (χ3v) is 5.17. The van der Waals surface area contributed by atoms with Gasteiger partial charge in [-0.05, 0) is 35.6 Å². The van der Waals surface area contributed by atoms with Crippen molar-refractivity contribution in [2.45, 2.75) is 50.1 Å². The molecule has 1 saturated carbocycles. The van der Waals surface area contributed by atoms with Gasteiger partial charge in [0.1, 0.15) is 6.04 Å². The van der Waals surface area contributed by atoms with Crippen LogP contribution in [-0.2, 0) is 11.2 Å². The number of benzene rings is 1. The van der Waals surface area contributed by atoms with Crippen molar-refractivity contribution in [3.8, 4) is 17.2 Å². The number of carbonyl (C=O) groups excluding carboxylic acids is 1. The van der Waals surface area contributed by atoms with Gasteiger partial charge in [-0.25, -0.2) is 0 Å². The number of carbonyl (C=O) groups is 1. The fraction of sp³-hybridized carbons (Fsp3) is 0.381. The van der Waals surface area contributed by atoms with E-state index < -0.39 is 11.6 Å². The highest BCUT2D eigenvalue weighted by molar-refractivity contribution is 5.86. The molecule has 0 saturated heterocycles. The van der Waals surface area contributed by atoms with Crippen molar-refractivity contribution < 1.29 is 4.79 Å². The largest absolute Gasteiger partial charge is 0.338 e. The number of H-pyrrole nitrogens is 1. The van der Waals surface area contributed by atoms with E-state index in [1.807, 2.05) is 24.3 Å². The molecule has 1 aromatic carbocycles. The fourth-order valence-corrected chi connectivity index (χ4v) is 3.50. The lowest BCUT2D eigenvalue weighted by molar-refractivity contribution is -0.127. The molecule has 0 bridgehead atoms. The Morgan fingerprint density at radius 2 is 1.81 bits per heavy atom. The van der Waals surface area contributed by atoms with Gasteiger partial charge in [-0.15, -0.1) is 0 Å². The van der Waals surface area contributed by atoms with Gasteiger partial charge >= 0.3 is 0 Å². The van der Waals surface area contributed by atoms with E-state index in [0.717, 1.165) is 36.0 Å². The number of aromatic nitrogens is 1. The van der Waals surface area contributed by atoms with Crippen molar-refractivity contribution in [2.24, 2.45) is 5.73 Å². The monoisotopic (exact) mass is 364 g/mol. The predicted octanol–water partition coefficient (Wildman–Crippen LogP) is 2.25. The normalized spacial score (nSPS) is 16.9. The molecule has 0 aliphatic heterocycles. The zero-order valence-electron chi connectivity index (χ0n) is 15.2. The van der Waals surface area contributed by atoms with E-state index in [9.17, 15) is 14.9 Å². The number of rotatable bonds is 5. The highest BCUT2D eigenvalue weighted by Crippen LogP contribution is 2.26. The van der Waals surface area contributed by atoms with E-state index in [0.29, 0.717) is 19.3 Å². The molecule has 1 heterocycles. The van der Waals surface area contributed by atoms with Crippen LogP contribution < -0.4 is 16.6 Å². The Labute approximate surface area is 158 Å². The maximum Gasteiger partial charge on any atom is 0.247 e. The minimum Gasteiger partial charge on any atom is -0.338 e. The minimum absolute atomic E-state index is 0.140. The number of nitriles is 1. The second-order valence-electron chi connectivity index (χ2n) is 7.21. The highest BCUT2D eigenvalue weighted by Gasteiger charge is 2.36. The third kappa shape index (κ3) is 4.63. The van der Waals surface area contributed by atoms with Gasteiger partial charge in [0.05, 0.1) is 11.6 Å². The molecule has 27 heavy (non-hydrogen) atoms. The molecule has 2 aromatic rings. The van der Waals surface area contributed by atoms with Crippen molar-refractivity contribution in [3.63, 3.8) is 0 Å². The van der Waals surface area contributed by atoms with Gasteiger partial charge in [0.15, 0.2) is 0 Å². The maximum atomic E-state index is 12.5. The Hall–Kier alpha value is -2.91. The summed E-state index contributed by atoms with van der Waals surface area (Å²) in [7, 11) is 0. The van der Waals surface area contributed by atoms with Gasteiger partial charge in [-0.1, -0.05) is 43.5 Å². The van der Waals surface area contributed by atoms with Crippen LogP contribution in [0.4, 0.5) is 0 Å². The summed E-state index contributed by atoms with van der Waals surface area (Å²) in [4.78, 5) is 26.3. The van der Waals surface area contributed by atoms with Crippen molar-refractivity contribution in [1.29, 1.82) is 5.26 Å². The SMILES string of the molecule is N#CC(Cc1ccc(-c2ccc(=O)[nH]c2)cc1)NC(=O)C1(N)CCCCC1. The summed E-state index contributed by atoms with van der Waals surface area (Å²) in [5, 5.41) is 12.3. The molecule has 3 rings (SSSR count). The first-order chi connectivity index (χ1) is 13.0. The number of nitrogens with two attached hydrogens (primary N) is 1. The van der Waals surface area contributed by atoms with E-state index in [2.05, 4.69) is 16.4 Å². The number of amides is 1. The molecule has 1 aliphatic carbocycles. The first-order valence-corrected chi connectivity index (χ1v) is 9.28. The molecule has 6 nitrogen and oxygen atoms in total. The number of nitrogens with zero attached hydrogens (tertiary/aromatic N) is 1. The molecule has 1 fully saturated rings. The molecule has 1 unspecified atom stereocenters. The van der Waals surface area contributed by atoms with Gasteiger partial charge in [-0.2, -0.15) is 5.26 Å². The Balaban J connectivity index is 1.64. The lowest BCUT2D eigenvalue weighted by Crippen LogP contribution is -2.57. The first kappa shape index (κ1) is 18.9. The quantitative estimate of drug-likeness (QED) is 0.755. The molecule has 6 heteroatoms. The van der Waals surface area contributed by atoms with E-state index in [-0.39, 0.29) is 11.5 Å². The molecule has 140 valence electrons. The maximum absolute atomic E-state index is 12.5. The topological polar surface area (TPSA) is 112 Å². The van der Waals surface area contributed by atoms with Crippen LogP contribution in [0.5, 0.6) is 0 Å². The Bertz CT molecular complexity index is 869. The summed E-state index contributed by atoms with van der Waals surface area (Å²) < 4.78 is 0. The third-order valence-electron chi connectivity index (χ3n) is 5.17. The number of nitrogens with one attached hydrogen (secondary N) is 2. The molecule has 1 aliphatic rings. The molecule has 1 amide bonds. The lowest BCUT2D eigenvalue weighted by Gasteiger charge is -2.32. The van der Waals surface area contributed by atoms with Crippen LogP contribution in [0.2, 0.25) is 0 Å². The van der Waals surface area contributed by atoms with Crippen LogP contribution >= 0.6 is 0 Å². The van der Waals surface area contributed by atoms with Crippen molar-refractivity contribution in [2.75, 3.05) is 0 Å². The lowest BCUT2D eigenvalue weighted by atomic mass is 9.81. The van der Waals surface area contributed by atoms with Crippen molar-refractivity contribution >= 4 is 5.91 Å². The number of hydrogen-bond donors (Lipinski definition) is 3. The van der Waals surface area contributed by atoms with Gasteiger partial charge < -0.3 is 16.0 Å². The standard InChI is InChI=1S/C21H24N4O2/c22-13-18(25-20(27)21(23)10-2-1-3-11-21)12-15-4-6-16(7-5-15)17-8-9-19(26)24-14-17/h4-9,14,18H,1-3,10-12,23H2,(H,24,26)(H,25,27). The van der Waals surface area contributed by atoms with E-state index in [1.165, 1.54) is 6.07 Å². The summed E-state index contributed by atoms with van der Waals surface area (Å²) >= 11 is 0. The number of aromatic amines is 1. The van der Waals surface area contributed by atoms with E-state index in [4.69, 9.17) is 5.73 Å². The van der Waals surface area contributed by atoms with Gasteiger partial charge in [0, 0.05) is 18.7 Å². The Kier molecular flexibility index (Phi) is 5.72. The van der Waals surface area contributed by atoms with Crippen molar-refractivity contribution in [1.82, 2.24) is 10.3 Å². The van der Waals surface area contributed by atoms with E-state index >= 15 is 0 Å². The number of pyridine rings is 1. The second kappa shape index (κ2) is 8.19. The Morgan fingerprint density at radius 3 is 2.41 bits per heavy atom. The van der Waals surface area contributed by atoms with Crippen LogP contribution in [0.25, 0.3) is 11.1 Å². The molecule has 1 atom stereocenters. The van der Waals surface area contributed by atoms with Crippen LogP contribution in [0.1, 0.15) is 37.7 Å². The smallest absolute Gasteiger partial charge is 0.247 e. The molecule has 4 N–H and O–H groups in total. The average Bonchev–Trinajstić information content (AvgIpc) is 2.69. The second-order valence-corrected chi connectivity index (χ2v) is 7.21. The van der Waals surface area contributed by atoms with Crippen molar-refractivity contribution in [3.05, 3.63) is 58.5 Å². The summed E-state index contributed by atoms with van der Waals surface area (Å²) in [6.07, 6.45) is 6.44. The average molecular weight is 364 g/mol. The zero-order chi connectivity index (χ0) is 19.3. The number of hydrogen-bond acceptors (Lipinski definition) is 4. The highest BCUT2D eigenvalue weighted by atomic mass is 16.2. The predicted molar refractivity (Wildman–Crippen MR) is 104 cm³/mol. The molecular formula is C21H24N4O2. The van der Waals surface area contributed by atoms with Crippen LogP contribution in [0.3, 0.4) is 0 Å². The summed E-state index contributed by atoms with van der Waals surface area (Å²) in [6, 6.07) is 12.5. The summed E-state index contributed by atoms with van der Waals surface area (Å²) in [5.41, 5.74) is 8.09. The Morgan fingerprint density at radius 1 is 1.15 bits per heavy atom. The van der Waals surface area contributed by atoms with Crippen LogP contribution in [-0.4, -0.2) is 22.5 Å². The first-order valence-electron chi connectivity index (χ1n) is 9.28.